The number of aliphatic hydroxyl groups is 1. The molecule has 90 valence electrons. The van der Waals surface area contributed by atoms with E-state index in [4.69, 9.17) is 0 Å². The maximum absolute atomic E-state index is 13.3. The third kappa shape index (κ3) is 2.56. The van der Waals surface area contributed by atoms with Gasteiger partial charge in [-0.15, -0.1) is 0 Å². The SMILES string of the molecule is Cn1nccc1C(O)Cc1cccc(F)c1Br. The first-order valence-electron chi connectivity index (χ1n) is 5.18. The van der Waals surface area contributed by atoms with Crippen molar-refractivity contribution in [3.05, 3.63) is 52.0 Å². The molecule has 1 N–H and O–H groups in total. The molecule has 0 aliphatic carbocycles. The van der Waals surface area contributed by atoms with Crippen LogP contribution in [0, 0.1) is 5.82 Å². The van der Waals surface area contributed by atoms with E-state index >= 15 is 0 Å². The molecule has 0 aliphatic rings. The summed E-state index contributed by atoms with van der Waals surface area (Å²) in [5.74, 6) is -0.320. The Morgan fingerprint density at radius 3 is 2.88 bits per heavy atom. The summed E-state index contributed by atoms with van der Waals surface area (Å²) < 4.78 is 15.3. The summed E-state index contributed by atoms with van der Waals surface area (Å²) in [7, 11) is 1.76. The average molecular weight is 299 g/mol. The second kappa shape index (κ2) is 4.98. The zero-order chi connectivity index (χ0) is 12.4. The molecule has 3 nitrogen and oxygen atoms in total. The van der Waals surface area contributed by atoms with Gasteiger partial charge in [0.2, 0.25) is 0 Å². The summed E-state index contributed by atoms with van der Waals surface area (Å²) in [5.41, 5.74) is 1.44. The molecule has 2 aromatic rings. The molecule has 17 heavy (non-hydrogen) atoms. The average Bonchev–Trinajstić information content (AvgIpc) is 2.71. The van der Waals surface area contributed by atoms with Crippen LogP contribution in [-0.4, -0.2) is 14.9 Å². The van der Waals surface area contributed by atoms with E-state index < -0.39 is 6.10 Å². The molecule has 1 atom stereocenters. The molecule has 0 amide bonds. The summed E-state index contributed by atoms with van der Waals surface area (Å²) in [6.45, 7) is 0. The van der Waals surface area contributed by atoms with E-state index in [0.29, 0.717) is 16.6 Å². The van der Waals surface area contributed by atoms with Crippen molar-refractivity contribution in [2.45, 2.75) is 12.5 Å². The molecule has 1 aromatic heterocycles. The zero-order valence-corrected chi connectivity index (χ0v) is 10.9. The molecule has 0 radical (unpaired) electrons. The summed E-state index contributed by atoms with van der Waals surface area (Å²) in [4.78, 5) is 0. The van der Waals surface area contributed by atoms with Crippen molar-refractivity contribution in [2.75, 3.05) is 0 Å². The van der Waals surface area contributed by atoms with Gasteiger partial charge in [-0.3, -0.25) is 4.68 Å². The van der Waals surface area contributed by atoms with Gasteiger partial charge in [0.05, 0.1) is 16.3 Å². The number of nitrogens with zero attached hydrogens (tertiary/aromatic N) is 2. The van der Waals surface area contributed by atoms with E-state index in [1.165, 1.54) is 6.07 Å². The lowest BCUT2D eigenvalue weighted by Crippen LogP contribution is -2.08. The maximum atomic E-state index is 13.3. The largest absolute Gasteiger partial charge is 0.386 e. The molecule has 5 heteroatoms. The summed E-state index contributed by atoms with van der Waals surface area (Å²) in [5, 5.41) is 14.0. The fourth-order valence-electron chi connectivity index (χ4n) is 1.73. The molecule has 1 aromatic carbocycles. The third-order valence-corrected chi connectivity index (χ3v) is 3.53. The van der Waals surface area contributed by atoms with Crippen LogP contribution in [0.2, 0.25) is 0 Å². The molecular formula is C12H12BrFN2O. The molecule has 0 saturated carbocycles. The number of aromatic nitrogens is 2. The molecule has 1 unspecified atom stereocenters. The van der Waals surface area contributed by atoms with Crippen molar-refractivity contribution in [1.82, 2.24) is 9.78 Å². The molecule has 2 rings (SSSR count). The Morgan fingerprint density at radius 2 is 2.24 bits per heavy atom. The van der Waals surface area contributed by atoms with Crippen molar-refractivity contribution < 1.29 is 9.50 Å². The summed E-state index contributed by atoms with van der Waals surface area (Å²) >= 11 is 3.18. The minimum absolute atomic E-state index is 0.320. The highest BCUT2D eigenvalue weighted by Gasteiger charge is 2.15. The van der Waals surface area contributed by atoms with E-state index in [1.807, 2.05) is 0 Å². The van der Waals surface area contributed by atoms with Crippen molar-refractivity contribution >= 4 is 15.9 Å². The quantitative estimate of drug-likeness (QED) is 0.946. The monoisotopic (exact) mass is 298 g/mol. The van der Waals surface area contributed by atoms with Crippen LogP contribution in [0.1, 0.15) is 17.4 Å². The minimum atomic E-state index is -0.694. The van der Waals surface area contributed by atoms with Crippen molar-refractivity contribution in [2.24, 2.45) is 7.05 Å². The van der Waals surface area contributed by atoms with Gasteiger partial charge < -0.3 is 5.11 Å². The molecule has 0 fully saturated rings. The van der Waals surface area contributed by atoms with Crippen LogP contribution in [0.25, 0.3) is 0 Å². The number of aryl methyl sites for hydroxylation is 1. The van der Waals surface area contributed by atoms with Gasteiger partial charge in [-0.2, -0.15) is 5.10 Å². The number of aliphatic hydroxyl groups excluding tert-OH is 1. The van der Waals surface area contributed by atoms with Crippen LogP contribution >= 0.6 is 15.9 Å². The Labute approximate surface area is 107 Å². The topological polar surface area (TPSA) is 38.0 Å². The standard InChI is InChI=1S/C12H12BrFN2O/c1-16-10(5-6-15-16)11(17)7-8-3-2-4-9(14)12(8)13/h2-6,11,17H,7H2,1H3. The summed E-state index contributed by atoms with van der Waals surface area (Å²) in [6.07, 6.45) is 1.28. The van der Waals surface area contributed by atoms with Gasteiger partial charge >= 0.3 is 0 Å². The maximum Gasteiger partial charge on any atom is 0.137 e. The molecule has 0 aliphatic heterocycles. The smallest absolute Gasteiger partial charge is 0.137 e. The molecule has 1 heterocycles. The van der Waals surface area contributed by atoms with E-state index in [2.05, 4.69) is 21.0 Å². The molecular weight excluding hydrogens is 287 g/mol. The van der Waals surface area contributed by atoms with E-state index in [0.717, 1.165) is 5.56 Å². The van der Waals surface area contributed by atoms with Crippen LogP contribution in [0.5, 0.6) is 0 Å². The Kier molecular flexibility index (Phi) is 3.59. The fourth-order valence-corrected chi connectivity index (χ4v) is 2.16. The normalized spacial score (nSPS) is 12.7. The van der Waals surface area contributed by atoms with Crippen LogP contribution in [-0.2, 0) is 13.5 Å². The second-order valence-electron chi connectivity index (χ2n) is 3.81. The Morgan fingerprint density at radius 1 is 1.47 bits per heavy atom. The van der Waals surface area contributed by atoms with E-state index in [-0.39, 0.29) is 5.82 Å². The van der Waals surface area contributed by atoms with Crippen LogP contribution in [0.3, 0.4) is 0 Å². The predicted molar refractivity (Wildman–Crippen MR) is 66.0 cm³/mol. The first-order valence-corrected chi connectivity index (χ1v) is 5.97. The third-order valence-electron chi connectivity index (χ3n) is 2.65. The minimum Gasteiger partial charge on any atom is -0.386 e. The van der Waals surface area contributed by atoms with E-state index in [1.54, 1.807) is 36.1 Å². The van der Waals surface area contributed by atoms with E-state index in [9.17, 15) is 9.50 Å². The van der Waals surface area contributed by atoms with Gasteiger partial charge in [-0.05, 0) is 33.6 Å². The summed E-state index contributed by atoms with van der Waals surface area (Å²) in [6, 6.07) is 6.54. The fraction of sp³-hybridized carbons (Fsp3) is 0.250. The lowest BCUT2D eigenvalue weighted by molar-refractivity contribution is 0.168. The number of hydrogen-bond donors (Lipinski definition) is 1. The molecule has 0 saturated heterocycles. The van der Waals surface area contributed by atoms with Crippen molar-refractivity contribution in [3.8, 4) is 0 Å². The highest BCUT2D eigenvalue weighted by atomic mass is 79.9. The number of benzene rings is 1. The van der Waals surface area contributed by atoms with Crippen LogP contribution in [0.4, 0.5) is 4.39 Å². The van der Waals surface area contributed by atoms with Crippen LogP contribution < -0.4 is 0 Å². The Hall–Kier alpha value is -1.20. The van der Waals surface area contributed by atoms with Crippen molar-refractivity contribution in [3.63, 3.8) is 0 Å². The molecule has 0 bridgehead atoms. The highest BCUT2D eigenvalue weighted by Crippen LogP contribution is 2.25. The number of rotatable bonds is 3. The Balaban J connectivity index is 2.22. The van der Waals surface area contributed by atoms with Gasteiger partial charge in [-0.25, -0.2) is 4.39 Å². The first-order chi connectivity index (χ1) is 8.09. The Bertz CT molecular complexity index is 527. The lowest BCUT2D eigenvalue weighted by Gasteiger charge is -2.12. The second-order valence-corrected chi connectivity index (χ2v) is 4.61. The lowest BCUT2D eigenvalue weighted by atomic mass is 10.1. The zero-order valence-electron chi connectivity index (χ0n) is 9.27. The first kappa shape index (κ1) is 12.3. The number of hydrogen-bond acceptors (Lipinski definition) is 2. The number of halogens is 2. The van der Waals surface area contributed by atoms with Gasteiger partial charge in [-0.1, -0.05) is 12.1 Å². The van der Waals surface area contributed by atoms with Crippen molar-refractivity contribution in [1.29, 1.82) is 0 Å². The van der Waals surface area contributed by atoms with Gasteiger partial charge in [0.15, 0.2) is 0 Å². The van der Waals surface area contributed by atoms with Crippen LogP contribution in [0.15, 0.2) is 34.9 Å². The van der Waals surface area contributed by atoms with Gasteiger partial charge in [0.1, 0.15) is 5.82 Å². The highest BCUT2D eigenvalue weighted by molar-refractivity contribution is 9.10. The predicted octanol–water partition coefficient (Wildman–Crippen LogP) is 2.60. The van der Waals surface area contributed by atoms with Gasteiger partial charge in [0.25, 0.3) is 0 Å². The molecule has 0 spiro atoms. The van der Waals surface area contributed by atoms with Gasteiger partial charge in [0, 0.05) is 19.7 Å².